The number of ether oxygens (including phenoxy) is 1. The molecule has 0 aliphatic rings. The lowest BCUT2D eigenvalue weighted by Gasteiger charge is -2.14. The van der Waals surface area contributed by atoms with Gasteiger partial charge in [0.05, 0.1) is 18.6 Å². The molecule has 4 nitrogen and oxygen atoms in total. The number of nitrogens with one attached hydrogen (secondary N) is 1. The molecule has 3 aromatic rings. The first-order valence-electron chi connectivity index (χ1n) is 8.83. The van der Waals surface area contributed by atoms with Crippen molar-refractivity contribution in [3.05, 3.63) is 89.7 Å². The van der Waals surface area contributed by atoms with Crippen LogP contribution in [0.3, 0.4) is 0 Å². The molecule has 1 amide bonds. The van der Waals surface area contributed by atoms with Crippen molar-refractivity contribution in [2.45, 2.75) is 12.8 Å². The molecule has 1 N–H and O–H groups in total. The van der Waals surface area contributed by atoms with Gasteiger partial charge in [0, 0.05) is 11.3 Å². The number of hydrogen-bond acceptors (Lipinski definition) is 3. The van der Waals surface area contributed by atoms with Gasteiger partial charge in [-0.1, -0.05) is 42.5 Å². The molecule has 0 heterocycles. The molecule has 0 aliphatic heterocycles. The van der Waals surface area contributed by atoms with E-state index in [-0.39, 0.29) is 11.7 Å². The molecule has 0 fully saturated rings. The molecule has 0 spiro atoms. The molecule has 0 bridgehead atoms. The molecule has 1 atom stereocenters. The first kappa shape index (κ1) is 19.3. The second-order valence-corrected chi connectivity index (χ2v) is 6.39. The normalized spacial score (nSPS) is 11.5. The molecule has 5 heteroatoms. The zero-order valence-electron chi connectivity index (χ0n) is 15.6. The van der Waals surface area contributed by atoms with Crippen LogP contribution in [0.25, 0.3) is 11.1 Å². The predicted octanol–water partition coefficient (Wildman–Crippen LogP) is 5.02. The van der Waals surface area contributed by atoms with Gasteiger partial charge in [0.25, 0.3) is 0 Å². The second-order valence-electron chi connectivity index (χ2n) is 6.39. The van der Waals surface area contributed by atoms with Crippen LogP contribution < -0.4 is 5.32 Å². The Kier molecular flexibility index (Phi) is 5.84. The van der Waals surface area contributed by atoms with E-state index in [9.17, 15) is 14.0 Å². The molecule has 0 unspecified atom stereocenters. The van der Waals surface area contributed by atoms with Crippen molar-refractivity contribution in [1.82, 2.24) is 0 Å². The van der Waals surface area contributed by atoms with Crippen molar-refractivity contribution in [3.8, 4) is 11.1 Å². The Morgan fingerprint density at radius 1 is 0.964 bits per heavy atom. The van der Waals surface area contributed by atoms with Crippen LogP contribution in [0.15, 0.2) is 72.8 Å². The molecule has 3 rings (SSSR count). The second kappa shape index (κ2) is 8.48. The van der Waals surface area contributed by atoms with Crippen molar-refractivity contribution in [3.63, 3.8) is 0 Å². The summed E-state index contributed by atoms with van der Waals surface area (Å²) < 4.78 is 19.2. The number of benzene rings is 3. The van der Waals surface area contributed by atoms with Crippen molar-refractivity contribution >= 4 is 17.6 Å². The third-order valence-corrected chi connectivity index (χ3v) is 4.54. The Morgan fingerprint density at radius 3 is 2.25 bits per heavy atom. The van der Waals surface area contributed by atoms with E-state index < -0.39 is 11.9 Å². The summed E-state index contributed by atoms with van der Waals surface area (Å²) in [7, 11) is 1.31. The zero-order valence-corrected chi connectivity index (χ0v) is 15.6. The fourth-order valence-electron chi connectivity index (χ4n) is 2.86. The van der Waals surface area contributed by atoms with Crippen LogP contribution in [0, 0.1) is 5.82 Å². The van der Waals surface area contributed by atoms with Gasteiger partial charge in [-0.3, -0.25) is 4.79 Å². The van der Waals surface area contributed by atoms with E-state index in [1.165, 1.54) is 13.2 Å². The number of halogens is 1. The molecule has 0 aliphatic carbocycles. The van der Waals surface area contributed by atoms with Crippen molar-refractivity contribution in [2.75, 3.05) is 12.4 Å². The van der Waals surface area contributed by atoms with E-state index in [2.05, 4.69) is 10.1 Å². The lowest BCUT2D eigenvalue weighted by atomic mass is 9.96. The highest BCUT2D eigenvalue weighted by Crippen LogP contribution is 2.27. The SMILES string of the molecule is COC(=O)c1ccc(NC(=O)[C@H](C)c2ccc(-c3ccccc3)c(F)c2)cc1. The lowest BCUT2D eigenvalue weighted by Crippen LogP contribution is -2.19. The molecule has 142 valence electrons. The van der Waals surface area contributed by atoms with Crippen LogP contribution in [0.2, 0.25) is 0 Å². The summed E-state index contributed by atoms with van der Waals surface area (Å²) in [4.78, 5) is 24.0. The number of amides is 1. The average Bonchev–Trinajstić information content (AvgIpc) is 2.73. The molecule has 28 heavy (non-hydrogen) atoms. The predicted molar refractivity (Wildman–Crippen MR) is 107 cm³/mol. The quantitative estimate of drug-likeness (QED) is 0.635. The standard InChI is InChI=1S/C23H20FNO3/c1-15(22(26)25-19-11-8-17(9-12-19)23(27)28-2)18-10-13-20(21(24)14-18)16-6-4-3-5-7-16/h3-15H,1-2H3,(H,25,26)/t15-/m1/s1. The summed E-state index contributed by atoms with van der Waals surface area (Å²) in [6, 6.07) is 20.5. The van der Waals surface area contributed by atoms with E-state index in [0.717, 1.165) is 5.56 Å². The minimum Gasteiger partial charge on any atom is -0.465 e. The molecule has 3 aromatic carbocycles. The van der Waals surface area contributed by atoms with E-state index in [4.69, 9.17) is 0 Å². The fraction of sp³-hybridized carbons (Fsp3) is 0.130. The monoisotopic (exact) mass is 377 g/mol. The van der Waals surface area contributed by atoms with E-state index in [1.54, 1.807) is 43.3 Å². The van der Waals surface area contributed by atoms with Crippen LogP contribution in [0.1, 0.15) is 28.8 Å². The van der Waals surface area contributed by atoms with Gasteiger partial charge in [0.2, 0.25) is 5.91 Å². The number of anilines is 1. The van der Waals surface area contributed by atoms with Gasteiger partial charge in [-0.05, 0) is 48.4 Å². The lowest BCUT2D eigenvalue weighted by molar-refractivity contribution is -0.117. The van der Waals surface area contributed by atoms with Gasteiger partial charge >= 0.3 is 5.97 Å². The van der Waals surface area contributed by atoms with E-state index in [1.807, 2.05) is 30.3 Å². The first-order chi connectivity index (χ1) is 13.5. The summed E-state index contributed by atoms with van der Waals surface area (Å²) in [5, 5.41) is 2.78. The van der Waals surface area contributed by atoms with Gasteiger partial charge < -0.3 is 10.1 Å². The first-order valence-corrected chi connectivity index (χ1v) is 8.83. The Labute approximate surface area is 163 Å². The number of methoxy groups -OCH3 is 1. The number of rotatable bonds is 5. The molecular formula is C23H20FNO3. The summed E-state index contributed by atoms with van der Waals surface area (Å²) >= 11 is 0. The summed E-state index contributed by atoms with van der Waals surface area (Å²) in [5.41, 5.74) is 2.81. The van der Waals surface area contributed by atoms with Gasteiger partial charge in [0.15, 0.2) is 0 Å². The van der Waals surface area contributed by atoms with Crippen LogP contribution in [0.4, 0.5) is 10.1 Å². The highest BCUT2D eigenvalue weighted by atomic mass is 19.1. The highest BCUT2D eigenvalue weighted by molar-refractivity contribution is 5.96. The Hall–Kier alpha value is -3.47. The maximum Gasteiger partial charge on any atom is 0.337 e. The largest absolute Gasteiger partial charge is 0.465 e. The molecule has 0 radical (unpaired) electrons. The Balaban J connectivity index is 1.73. The maximum absolute atomic E-state index is 14.6. The van der Waals surface area contributed by atoms with Gasteiger partial charge in [0.1, 0.15) is 5.82 Å². The molecule has 0 aromatic heterocycles. The number of hydrogen-bond donors (Lipinski definition) is 1. The third kappa shape index (κ3) is 4.26. The topological polar surface area (TPSA) is 55.4 Å². The maximum atomic E-state index is 14.6. The Bertz CT molecular complexity index is 984. The summed E-state index contributed by atoms with van der Waals surface area (Å²) in [6.07, 6.45) is 0. The van der Waals surface area contributed by atoms with Crippen molar-refractivity contribution < 1.29 is 18.7 Å². The number of carbonyl (C=O) groups excluding carboxylic acids is 2. The Morgan fingerprint density at radius 2 is 1.64 bits per heavy atom. The molecule has 0 saturated heterocycles. The zero-order chi connectivity index (χ0) is 20.1. The summed E-state index contributed by atoms with van der Waals surface area (Å²) in [5.74, 6) is -1.62. The van der Waals surface area contributed by atoms with E-state index >= 15 is 0 Å². The van der Waals surface area contributed by atoms with Crippen LogP contribution in [0.5, 0.6) is 0 Å². The fourth-order valence-corrected chi connectivity index (χ4v) is 2.86. The third-order valence-electron chi connectivity index (χ3n) is 4.54. The smallest absolute Gasteiger partial charge is 0.337 e. The number of esters is 1. The molecular weight excluding hydrogens is 357 g/mol. The van der Waals surface area contributed by atoms with Gasteiger partial charge in [-0.25, -0.2) is 9.18 Å². The minimum atomic E-state index is -0.542. The van der Waals surface area contributed by atoms with E-state index in [0.29, 0.717) is 22.4 Å². The van der Waals surface area contributed by atoms with Crippen LogP contribution in [-0.2, 0) is 9.53 Å². The van der Waals surface area contributed by atoms with Crippen LogP contribution >= 0.6 is 0 Å². The number of carbonyl (C=O) groups is 2. The molecule has 0 saturated carbocycles. The van der Waals surface area contributed by atoms with Crippen LogP contribution in [-0.4, -0.2) is 19.0 Å². The van der Waals surface area contributed by atoms with Crippen molar-refractivity contribution in [2.24, 2.45) is 0 Å². The summed E-state index contributed by atoms with van der Waals surface area (Å²) in [6.45, 7) is 1.72. The highest BCUT2D eigenvalue weighted by Gasteiger charge is 2.18. The van der Waals surface area contributed by atoms with Gasteiger partial charge in [-0.15, -0.1) is 0 Å². The van der Waals surface area contributed by atoms with Gasteiger partial charge in [-0.2, -0.15) is 0 Å². The van der Waals surface area contributed by atoms with Crippen molar-refractivity contribution in [1.29, 1.82) is 0 Å². The average molecular weight is 377 g/mol. The minimum absolute atomic E-state index is 0.266.